The van der Waals surface area contributed by atoms with Crippen LogP contribution < -0.4 is 5.32 Å². The summed E-state index contributed by atoms with van der Waals surface area (Å²) in [5.41, 5.74) is 0. The Hall–Kier alpha value is -0.520. The van der Waals surface area contributed by atoms with Crippen LogP contribution in [0.3, 0.4) is 0 Å². The standard InChI is InChI=1S/C13H22N2/c1-4-10(3)15(5-2)13-8-11-6-7-12(9-13)14-11/h1,10-14H,5-9H2,2-3H3. The van der Waals surface area contributed by atoms with Crippen LogP contribution in [-0.4, -0.2) is 35.6 Å². The molecule has 0 aromatic carbocycles. The van der Waals surface area contributed by atoms with Crippen LogP contribution in [0.15, 0.2) is 0 Å². The Morgan fingerprint density at radius 2 is 2.00 bits per heavy atom. The van der Waals surface area contributed by atoms with Crippen LogP contribution in [0, 0.1) is 12.3 Å². The monoisotopic (exact) mass is 206 g/mol. The van der Waals surface area contributed by atoms with Crippen molar-refractivity contribution in [2.45, 2.75) is 63.7 Å². The van der Waals surface area contributed by atoms with E-state index in [2.05, 4.69) is 30.0 Å². The van der Waals surface area contributed by atoms with Crippen LogP contribution in [0.25, 0.3) is 0 Å². The maximum Gasteiger partial charge on any atom is 0.0685 e. The number of nitrogens with one attached hydrogen (secondary N) is 1. The average molecular weight is 206 g/mol. The van der Waals surface area contributed by atoms with Crippen LogP contribution in [0.2, 0.25) is 0 Å². The summed E-state index contributed by atoms with van der Waals surface area (Å²) in [4.78, 5) is 2.49. The maximum absolute atomic E-state index is 5.53. The van der Waals surface area contributed by atoms with Gasteiger partial charge in [-0.2, -0.15) is 0 Å². The molecule has 0 saturated carbocycles. The van der Waals surface area contributed by atoms with Gasteiger partial charge in [0.1, 0.15) is 0 Å². The fraction of sp³-hybridized carbons (Fsp3) is 0.846. The van der Waals surface area contributed by atoms with Crippen molar-refractivity contribution in [3.8, 4) is 12.3 Å². The van der Waals surface area contributed by atoms with Crippen LogP contribution in [0.1, 0.15) is 39.5 Å². The zero-order chi connectivity index (χ0) is 10.8. The topological polar surface area (TPSA) is 15.3 Å². The lowest BCUT2D eigenvalue weighted by molar-refractivity contribution is 0.131. The molecule has 0 aromatic heterocycles. The van der Waals surface area contributed by atoms with Gasteiger partial charge in [0, 0.05) is 18.1 Å². The lowest BCUT2D eigenvalue weighted by Crippen LogP contribution is -2.50. The quantitative estimate of drug-likeness (QED) is 0.706. The van der Waals surface area contributed by atoms with Gasteiger partial charge in [0.2, 0.25) is 0 Å². The number of fused-ring (bicyclic) bond motifs is 2. The molecule has 2 nitrogen and oxygen atoms in total. The molecule has 2 aliphatic rings. The molecule has 3 atom stereocenters. The van der Waals surface area contributed by atoms with Gasteiger partial charge in [-0.3, -0.25) is 4.90 Å². The van der Waals surface area contributed by atoms with Crippen LogP contribution in [0.5, 0.6) is 0 Å². The van der Waals surface area contributed by atoms with Crippen molar-refractivity contribution in [2.75, 3.05) is 6.54 Å². The molecule has 2 bridgehead atoms. The largest absolute Gasteiger partial charge is 0.311 e. The van der Waals surface area contributed by atoms with E-state index in [-0.39, 0.29) is 6.04 Å². The molecule has 0 spiro atoms. The number of nitrogens with zero attached hydrogens (tertiary/aromatic N) is 1. The fourth-order valence-corrected chi connectivity index (χ4v) is 3.24. The molecule has 1 N–H and O–H groups in total. The molecule has 2 heterocycles. The smallest absolute Gasteiger partial charge is 0.0685 e. The number of piperidine rings is 1. The molecular weight excluding hydrogens is 184 g/mol. The molecule has 0 aromatic rings. The first-order chi connectivity index (χ1) is 7.24. The number of hydrogen-bond donors (Lipinski definition) is 1. The SMILES string of the molecule is C#CC(C)N(CC)C1CC2CCC(C1)N2. The van der Waals surface area contributed by atoms with Gasteiger partial charge >= 0.3 is 0 Å². The molecule has 2 saturated heterocycles. The van der Waals surface area contributed by atoms with E-state index in [9.17, 15) is 0 Å². The third-order valence-electron chi connectivity index (χ3n) is 4.02. The van der Waals surface area contributed by atoms with Crippen molar-refractivity contribution in [3.63, 3.8) is 0 Å². The molecule has 2 rings (SSSR count). The van der Waals surface area contributed by atoms with E-state index in [0.29, 0.717) is 6.04 Å². The van der Waals surface area contributed by atoms with Gasteiger partial charge < -0.3 is 5.32 Å². The van der Waals surface area contributed by atoms with E-state index >= 15 is 0 Å². The van der Waals surface area contributed by atoms with Gasteiger partial charge in [-0.05, 0) is 39.2 Å². The van der Waals surface area contributed by atoms with Crippen LogP contribution in [-0.2, 0) is 0 Å². The first kappa shape index (κ1) is 11.0. The van der Waals surface area contributed by atoms with E-state index in [4.69, 9.17) is 6.42 Å². The minimum Gasteiger partial charge on any atom is -0.311 e. The van der Waals surface area contributed by atoms with Gasteiger partial charge in [-0.1, -0.05) is 12.8 Å². The van der Waals surface area contributed by atoms with Crippen molar-refractivity contribution in [1.29, 1.82) is 0 Å². The molecule has 0 radical (unpaired) electrons. The second-order valence-electron chi connectivity index (χ2n) is 4.94. The summed E-state index contributed by atoms with van der Waals surface area (Å²) in [5, 5.41) is 3.68. The summed E-state index contributed by atoms with van der Waals surface area (Å²) >= 11 is 0. The predicted octanol–water partition coefficient (Wildman–Crippen LogP) is 1.61. The molecule has 0 aliphatic carbocycles. The summed E-state index contributed by atoms with van der Waals surface area (Å²) in [7, 11) is 0. The molecule has 15 heavy (non-hydrogen) atoms. The molecule has 84 valence electrons. The summed E-state index contributed by atoms with van der Waals surface area (Å²) in [6.45, 7) is 5.45. The zero-order valence-electron chi connectivity index (χ0n) is 9.87. The molecule has 2 aliphatic heterocycles. The van der Waals surface area contributed by atoms with Gasteiger partial charge in [-0.25, -0.2) is 0 Å². The lowest BCUT2D eigenvalue weighted by atomic mass is 9.97. The minimum atomic E-state index is 0.289. The lowest BCUT2D eigenvalue weighted by Gasteiger charge is -2.39. The molecule has 2 fully saturated rings. The normalized spacial score (nSPS) is 36.5. The molecular formula is C13H22N2. The van der Waals surface area contributed by atoms with Gasteiger partial charge in [0.05, 0.1) is 6.04 Å². The van der Waals surface area contributed by atoms with Crippen LogP contribution >= 0.6 is 0 Å². The number of terminal acetylenes is 1. The third kappa shape index (κ3) is 2.19. The average Bonchev–Trinajstić information content (AvgIpc) is 2.59. The zero-order valence-corrected chi connectivity index (χ0v) is 9.87. The first-order valence-electron chi connectivity index (χ1n) is 6.22. The minimum absolute atomic E-state index is 0.289. The Morgan fingerprint density at radius 3 is 2.47 bits per heavy atom. The number of hydrogen-bond acceptors (Lipinski definition) is 2. The van der Waals surface area contributed by atoms with Crippen LogP contribution in [0.4, 0.5) is 0 Å². The Bertz CT molecular complexity index is 244. The Morgan fingerprint density at radius 1 is 1.40 bits per heavy atom. The number of rotatable bonds is 3. The predicted molar refractivity (Wildman–Crippen MR) is 63.6 cm³/mol. The van der Waals surface area contributed by atoms with E-state index in [1.807, 2.05) is 0 Å². The highest BCUT2D eigenvalue weighted by Crippen LogP contribution is 2.30. The second-order valence-corrected chi connectivity index (χ2v) is 4.94. The van der Waals surface area contributed by atoms with Crippen molar-refractivity contribution in [3.05, 3.63) is 0 Å². The van der Waals surface area contributed by atoms with Gasteiger partial charge in [0.15, 0.2) is 0 Å². The maximum atomic E-state index is 5.53. The van der Waals surface area contributed by atoms with Gasteiger partial charge in [0.25, 0.3) is 0 Å². The Balaban J connectivity index is 2.00. The first-order valence-corrected chi connectivity index (χ1v) is 6.22. The molecule has 0 amide bonds. The highest BCUT2D eigenvalue weighted by atomic mass is 15.2. The highest BCUT2D eigenvalue weighted by Gasteiger charge is 2.36. The Labute approximate surface area is 93.4 Å². The third-order valence-corrected chi connectivity index (χ3v) is 4.02. The van der Waals surface area contributed by atoms with E-state index in [0.717, 1.165) is 18.6 Å². The Kier molecular flexibility index (Phi) is 3.33. The van der Waals surface area contributed by atoms with Crippen molar-refractivity contribution >= 4 is 0 Å². The van der Waals surface area contributed by atoms with E-state index in [1.54, 1.807) is 0 Å². The van der Waals surface area contributed by atoms with E-state index in [1.165, 1.54) is 25.7 Å². The summed E-state index contributed by atoms with van der Waals surface area (Å²) in [6, 6.07) is 2.51. The highest BCUT2D eigenvalue weighted by molar-refractivity contribution is 5.02. The molecule has 3 unspecified atom stereocenters. The van der Waals surface area contributed by atoms with Crippen molar-refractivity contribution < 1.29 is 0 Å². The summed E-state index contributed by atoms with van der Waals surface area (Å²) in [6.07, 6.45) is 10.8. The van der Waals surface area contributed by atoms with Crippen molar-refractivity contribution in [1.82, 2.24) is 10.2 Å². The van der Waals surface area contributed by atoms with Gasteiger partial charge in [-0.15, -0.1) is 6.42 Å². The fourth-order valence-electron chi connectivity index (χ4n) is 3.24. The second kappa shape index (κ2) is 4.55. The summed E-state index contributed by atoms with van der Waals surface area (Å²) in [5.74, 6) is 2.87. The summed E-state index contributed by atoms with van der Waals surface area (Å²) < 4.78 is 0. The van der Waals surface area contributed by atoms with E-state index < -0.39 is 0 Å². The van der Waals surface area contributed by atoms with Crippen molar-refractivity contribution in [2.24, 2.45) is 0 Å². The molecule has 2 heteroatoms.